The zero-order valence-corrected chi connectivity index (χ0v) is 15.1. The van der Waals surface area contributed by atoms with E-state index in [4.69, 9.17) is 9.47 Å². The lowest BCUT2D eigenvalue weighted by Crippen LogP contribution is -2.44. The van der Waals surface area contributed by atoms with Gasteiger partial charge in [0.1, 0.15) is 11.5 Å². The van der Waals surface area contributed by atoms with Crippen molar-refractivity contribution in [2.45, 2.75) is 26.7 Å². The molecule has 0 saturated heterocycles. The van der Waals surface area contributed by atoms with E-state index in [0.29, 0.717) is 11.5 Å². The molecule has 0 aliphatic heterocycles. The maximum atomic E-state index is 11.7. The third-order valence-corrected chi connectivity index (χ3v) is 3.63. The van der Waals surface area contributed by atoms with Gasteiger partial charge in [-0.1, -0.05) is 31.2 Å². The molecule has 2 rings (SSSR count). The number of ether oxygens (including phenoxy) is 2. The van der Waals surface area contributed by atoms with Crippen molar-refractivity contribution in [1.82, 2.24) is 10.9 Å². The number of hydrazine groups is 1. The highest BCUT2D eigenvalue weighted by Gasteiger charge is 2.06. The van der Waals surface area contributed by atoms with E-state index in [2.05, 4.69) is 17.8 Å². The van der Waals surface area contributed by atoms with Crippen LogP contribution in [0.3, 0.4) is 0 Å². The SMILES string of the molecule is CCc1ccc(OCC(=O)NNC(=O)CCOc2cccc(C)c2)cc1. The molecule has 0 spiro atoms. The summed E-state index contributed by atoms with van der Waals surface area (Å²) in [7, 11) is 0. The smallest absolute Gasteiger partial charge is 0.276 e. The molecule has 0 fully saturated rings. The monoisotopic (exact) mass is 356 g/mol. The lowest BCUT2D eigenvalue weighted by atomic mass is 10.2. The van der Waals surface area contributed by atoms with Crippen LogP contribution in [0, 0.1) is 6.92 Å². The molecule has 0 unspecified atom stereocenters. The highest BCUT2D eigenvalue weighted by Crippen LogP contribution is 2.13. The zero-order valence-electron chi connectivity index (χ0n) is 15.1. The Morgan fingerprint density at radius 2 is 1.65 bits per heavy atom. The normalized spacial score (nSPS) is 10.1. The van der Waals surface area contributed by atoms with Crippen LogP contribution in [-0.4, -0.2) is 25.0 Å². The van der Waals surface area contributed by atoms with Crippen LogP contribution in [-0.2, 0) is 16.0 Å². The van der Waals surface area contributed by atoms with Gasteiger partial charge in [-0.25, -0.2) is 0 Å². The van der Waals surface area contributed by atoms with Crippen LogP contribution < -0.4 is 20.3 Å². The Hall–Kier alpha value is -3.02. The van der Waals surface area contributed by atoms with Gasteiger partial charge >= 0.3 is 0 Å². The molecule has 2 aromatic carbocycles. The Bertz CT molecular complexity index is 729. The Kier molecular flexibility index (Phi) is 7.49. The number of nitrogens with one attached hydrogen (secondary N) is 2. The number of benzene rings is 2. The Morgan fingerprint density at radius 1 is 0.923 bits per heavy atom. The minimum atomic E-state index is -0.433. The van der Waals surface area contributed by atoms with Crippen molar-refractivity contribution < 1.29 is 19.1 Å². The number of aryl methyl sites for hydroxylation is 2. The lowest BCUT2D eigenvalue weighted by molar-refractivity contribution is -0.130. The predicted molar refractivity (Wildman–Crippen MR) is 98.9 cm³/mol. The number of rotatable bonds is 8. The standard InChI is InChI=1S/C20H24N2O4/c1-3-16-7-9-17(10-8-16)26-14-20(24)22-21-19(23)11-12-25-18-6-4-5-15(2)13-18/h4-10,13H,3,11-12,14H2,1-2H3,(H,21,23)(H,22,24). The summed E-state index contributed by atoms with van der Waals surface area (Å²) in [5, 5.41) is 0. The average Bonchev–Trinajstić information content (AvgIpc) is 2.65. The summed E-state index contributed by atoms with van der Waals surface area (Å²) < 4.78 is 10.9. The van der Waals surface area contributed by atoms with E-state index in [9.17, 15) is 9.59 Å². The van der Waals surface area contributed by atoms with Crippen LogP contribution >= 0.6 is 0 Å². The second-order valence-corrected chi connectivity index (χ2v) is 5.80. The zero-order chi connectivity index (χ0) is 18.8. The number of carbonyl (C=O) groups is 2. The first-order valence-corrected chi connectivity index (χ1v) is 8.55. The molecule has 6 heteroatoms. The van der Waals surface area contributed by atoms with E-state index < -0.39 is 5.91 Å². The molecule has 6 nitrogen and oxygen atoms in total. The van der Waals surface area contributed by atoms with Crippen molar-refractivity contribution in [2.24, 2.45) is 0 Å². The van der Waals surface area contributed by atoms with Crippen molar-refractivity contribution in [3.63, 3.8) is 0 Å². The van der Waals surface area contributed by atoms with Gasteiger partial charge in [0, 0.05) is 0 Å². The summed E-state index contributed by atoms with van der Waals surface area (Å²) >= 11 is 0. The molecule has 0 bridgehead atoms. The van der Waals surface area contributed by atoms with Crippen LogP contribution in [0.2, 0.25) is 0 Å². The molecule has 0 saturated carbocycles. The van der Waals surface area contributed by atoms with Gasteiger partial charge in [-0.2, -0.15) is 0 Å². The molecule has 0 radical (unpaired) electrons. The highest BCUT2D eigenvalue weighted by atomic mass is 16.5. The fraction of sp³-hybridized carbons (Fsp3) is 0.300. The Labute approximate surface area is 153 Å². The fourth-order valence-electron chi connectivity index (χ4n) is 2.17. The summed E-state index contributed by atoms with van der Waals surface area (Å²) in [5.74, 6) is 0.551. The van der Waals surface area contributed by atoms with Gasteiger partial charge in [0.15, 0.2) is 6.61 Å². The molecule has 0 aliphatic rings. The van der Waals surface area contributed by atoms with Crippen molar-refractivity contribution in [3.05, 3.63) is 59.7 Å². The molecule has 0 aliphatic carbocycles. The highest BCUT2D eigenvalue weighted by molar-refractivity contribution is 5.82. The molecular weight excluding hydrogens is 332 g/mol. The quantitative estimate of drug-likeness (QED) is 0.713. The first-order valence-electron chi connectivity index (χ1n) is 8.55. The second-order valence-electron chi connectivity index (χ2n) is 5.80. The van der Waals surface area contributed by atoms with E-state index in [1.54, 1.807) is 0 Å². The van der Waals surface area contributed by atoms with E-state index in [1.807, 2.05) is 55.5 Å². The predicted octanol–water partition coefficient (Wildman–Crippen LogP) is 2.55. The minimum absolute atomic E-state index is 0.132. The van der Waals surface area contributed by atoms with E-state index in [1.165, 1.54) is 5.56 Å². The van der Waals surface area contributed by atoms with Gasteiger partial charge < -0.3 is 9.47 Å². The molecule has 0 aromatic heterocycles. The topological polar surface area (TPSA) is 76.7 Å². The van der Waals surface area contributed by atoms with Crippen molar-refractivity contribution >= 4 is 11.8 Å². The number of hydrogen-bond donors (Lipinski definition) is 2. The number of carbonyl (C=O) groups excluding carboxylic acids is 2. The first-order chi connectivity index (χ1) is 12.6. The van der Waals surface area contributed by atoms with Gasteiger partial charge in [0.2, 0.25) is 5.91 Å². The van der Waals surface area contributed by atoms with Crippen molar-refractivity contribution in [1.29, 1.82) is 0 Å². The van der Waals surface area contributed by atoms with Crippen LogP contribution in [0.5, 0.6) is 11.5 Å². The lowest BCUT2D eigenvalue weighted by Gasteiger charge is -2.10. The molecule has 0 atom stereocenters. The maximum Gasteiger partial charge on any atom is 0.276 e. The van der Waals surface area contributed by atoms with Gasteiger partial charge in [0.05, 0.1) is 13.0 Å². The van der Waals surface area contributed by atoms with Crippen molar-refractivity contribution in [2.75, 3.05) is 13.2 Å². The summed E-state index contributed by atoms with van der Waals surface area (Å²) in [6.45, 7) is 4.09. The molecule has 2 N–H and O–H groups in total. The van der Waals surface area contributed by atoms with Gasteiger partial charge in [-0.05, 0) is 48.7 Å². The first kappa shape index (κ1) is 19.3. The van der Waals surface area contributed by atoms with E-state index in [-0.39, 0.29) is 25.5 Å². The van der Waals surface area contributed by atoms with Crippen LogP contribution in [0.25, 0.3) is 0 Å². The number of hydrogen-bond acceptors (Lipinski definition) is 4. The fourth-order valence-corrected chi connectivity index (χ4v) is 2.17. The summed E-state index contributed by atoms with van der Waals surface area (Å²) in [5.41, 5.74) is 6.93. The van der Waals surface area contributed by atoms with Crippen LogP contribution in [0.1, 0.15) is 24.5 Å². The third kappa shape index (κ3) is 6.84. The Morgan fingerprint density at radius 3 is 2.35 bits per heavy atom. The second kappa shape index (κ2) is 10.1. The molecule has 138 valence electrons. The van der Waals surface area contributed by atoms with Crippen LogP contribution in [0.4, 0.5) is 0 Å². The maximum absolute atomic E-state index is 11.7. The minimum Gasteiger partial charge on any atom is -0.493 e. The molecular formula is C20H24N2O4. The molecule has 2 aromatic rings. The van der Waals surface area contributed by atoms with E-state index >= 15 is 0 Å². The van der Waals surface area contributed by atoms with E-state index in [0.717, 1.165) is 12.0 Å². The summed E-state index contributed by atoms with van der Waals surface area (Å²) in [6.07, 6.45) is 1.08. The molecule has 0 heterocycles. The number of amides is 2. The average molecular weight is 356 g/mol. The largest absolute Gasteiger partial charge is 0.493 e. The van der Waals surface area contributed by atoms with Crippen molar-refractivity contribution in [3.8, 4) is 11.5 Å². The molecule has 26 heavy (non-hydrogen) atoms. The molecule has 2 amide bonds. The summed E-state index contributed by atoms with van der Waals surface area (Å²) in [4.78, 5) is 23.4. The third-order valence-electron chi connectivity index (χ3n) is 3.63. The van der Waals surface area contributed by atoms with Crippen LogP contribution in [0.15, 0.2) is 48.5 Å². The van der Waals surface area contributed by atoms with Gasteiger partial charge in [-0.15, -0.1) is 0 Å². The van der Waals surface area contributed by atoms with Gasteiger partial charge in [-0.3, -0.25) is 20.4 Å². The Balaban J connectivity index is 1.61. The van der Waals surface area contributed by atoms with Gasteiger partial charge in [0.25, 0.3) is 5.91 Å². The summed E-state index contributed by atoms with van der Waals surface area (Å²) in [6, 6.07) is 15.1.